The van der Waals surface area contributed by atoms with Crippen LogP contribution in [0.4, 0.5) is 0 Å². The minimum absolute atomic E-state index is 0.0406. The van der Waals surface area contributed by atoms with E-state index in [0.29, 0.717) is 23.8 Å². The number of hydrogen-bond acceptors (Lipinski definition) is 3. The third-order valence-corrected chi connectivity index (χ3v) is 3.16. The molecule has 2 aromatic carbocycles. The van der Waals surface area contributed by atoms with E-state index in [0.717, 1.165) is 16.7 Å². The first kappa shape index (κ1) is 15.1. The summed E-state index contributed by atoms with van der Waals surface area (Å²) in [6.45, 7) is 4.75. The molecule has 108 valence electrons. The van der Waals surface area contributed by atoms with E-state index < -0.39 is 0 Å². The molecule has 0 saturated heterocycles. The van der Waals surface area contributed by atoms with Gasteiger partial charge in [0.1, 0.15) is 5.75 Å². The maximum absolute atomic E-state index is 9.40. The molecule has 0 radical (unpaired) electrons. The molecule has 0 spiro atoms. The highest BCUT2D eigenvalue weighted by Gasteiger charge is 2.07. The van der Waals surface area contributed by atoms with Crippen LogP contribution in [0.25, 0.3) is 11.1 Å². The van der Waals surface area contributed by atoms with E-state index >= 15 is 0 Å². The van der Waals surface area contributed by atoms with Gasteiger partial charge in [0.15, 0.2) is 0 Å². The first-order chi connectivity index (χ1) is 10.1. The van der Waals surface area contributed by atoms with Gasteiger partial charge < -0.3 is 9.84 Å². The lowest BCUT2D eigenvalue weighted by atomic mass is 10.0. The molecule has 1 N–H and O–H groups in total. The number of rotatable bonds is 5. The molecule has 2 rings (SSSR count). The molecular weight excluding hydrogens is 262 g/mol. The van der Waals surface area contributed by atoms with Crippen LogP contribution < -0.4 is 4.74 Å². The molecule has 0 atom stereocenters. The second-order valence-corrected chi connectivity index (χ2v) is 5.37. The molecule has 0 fully saturated rings. The molecule has 0 amide bonds. The van der Waals surface area contributed by atoms with Crippen molar-refractivity contribution < 1.29 is 9.84 Å². The zero-order chi connectivity index (χ0) is 15.2. The Balaban J connectivity index is 2.31. The summed E-state index contributed by atoms with van der Waals surface area (Å²) < 4.78 is 5.78. The number of benzene rings is 2. The molecule has 0 aliphatic carbocycles. The number of aliphatic hydroxyl groups excluding tert-OH is 1. The number of nitriles is 1. The van der Waals surface area contributed by atoms with Crippen LogP contribution in [0, 0.1) is 17.2 Å². The SMILES string of the molecule is CC(C)COc1cc(-c2ccc(C#N)cc2)ccc1CO. The average Bonchev–Trinajstić information content (AvgIpc) is 2.52. The first-order valence-electron chi connectivity index (χ1n) is 7.01. The summed E-state index contributed by atoms with van der Waals surface area (Å²) in [4.78, 5) is 0. The van der Waals surface area contributed by atoms with Gasteiger partial charge >= 0.3 is 0 Å². The predicted octanol–water partition coefficient (Wildman–Crippen LogP) is 3.75. The minimum atomic E-state index is -0.0406. The van der Waals surface area contributed by atoms with Crippen molar-refractivity contribution >= 4 is 0 Å². The molecule has 0 aliphatic rings. The van der Waals surface area contributed by atoms with E-state index in [1.54, 1.807) is 12.1 Å². The van der Waals surface area contributed by atoms with Gasteiger partial charge in [0.25, 0.3) is 0 Å². The van der Waals surface area contributed by atoms with Crippen molar-refractivity contribution in [1.82, 2.24) is 0 Å². The molecule has 3 heteroatoms. The molecule has 21 heavy (non-hydrogen) atoms. The quantitative estimate of drug-likeness (QED) is 0.908. The van der Waals surface area contributed by atoms with E-state index in [2.05, 4.69) is 19.9 Å². The van der Waals surface area contributed by atoms with Crippen LogP contribution in [-0.2, 0) is 6.61 Å². The van der Waals surface area contributed by atoms with E-state index in [1.807, 2.05) is 30.3 Å². The third-order valence-electron chi connectivity index (χ3n) is 3.16. The van der Waals surface area contributed by atoms with Crippen LogP contribution in [0.1, 0.15) is 25.0 Å². The van der Waals surface area contributed by atoms with Crippen molar-refractivity contribution in [3.05, 3.63) is 53.6 Å². The zero-order valence-electron chi connectivity index (χ0n) is 12.3. The smallest absolute Gasteiger partial charge is 0.125 e. The van der Waals surface area contributed by atoms with Gasteiger partial charge in [-0.2, -0.15) is 5.26 Å². The predicted molar refractivity (Wildman–Crippen MR) is 82.8 cm³/mol. The molecule has 3 nitrogen and oxygen atoms in total. The average molecular weight is 281 g/mol. The van der Waals surface area contributed by atoms with Crippen LogP contribution in [0.15, 0.2) is 42.5 Å². The van der Waals surface area contributed by atoms with Gasteiger partial charge in [0.2, 0.25) is 0 Å². The second-order valence-electron chi connectivity index (χ2n) is 5.37. The summed E-state index contributed by atoms with van der Waals surface area (Å²) >= 11 is 0. The van der Waals surface area contributed by atoms with Crippen molar-refractivity contribution in [2.45, 2.75) is 20.5 Å². The van der Waals surface area contributed by atoms with Crippen LogP contribution in [-0.4, -0.2) is 11.7 Å². The fourth-order valence-electron chi connectivity index (χ4n) is 1.99. The van der Waals surface area contributed by atoms with Gasteiger partial charge in [-0.05, 0) is 35.2 Å². The largest absolute Gasteiger partial charge is 0.493 e. The monoisotopic (exact) mass is 281 g/mol. The van der Waals surface area contributed by atoms with Crippen molar-refractivity contribution in [3.63, 3.8) is 0 Å². The molecule has 2 aromatic rings. The summed E-state index contributed by atoms with van der Waals surface area (Å²) in [6, 6.07) is 15.3. The summed E-state index contributed by atoms with van der Waals surface area (Å²) in [5, 5.41) is 18.2. The Labute approximate surface area is 125 Å². The molecular formula is C18H19NO2. The van der Waals surface area contributed by atoms with Crippen molar-refractivity contribution in [2.75, 3.05) is 6.61 Å². The van der Waals surface area contributed by atoms with Gasteiger partial charge in [-0.15, -0.1) is 0 Å². The Kier molecular flexibility index (Phi) is 4.97. The Hall–Kier alpha value is -2.31. The fourth-order valence-corrected chi connectivity index (χ4v) is 1.99. The molecule has 0 aromatic heterocycles. The Morgan fingerprint density at radius 1 is 1.10 bits per heavy atom. The third kappa shape index (κ3) is 3.84. The fraction of sp³-hybridized carbons (Fsp3) is 0.278. The molecule has 0 unspecified atom stereocenters. The van der Waals surface area contributed by atoms with E-state index in [9.17, 15) is 5.11 Å². The summed E-state index contributed by atoms with van der Waals surface area (Å²) in [5.74, 6) is 1.14. The first-order valence-corrected chi connectivity index (χ1v) is 7.01. The zero-order valence-corrected chi connectivity index (χ0v) is 12.3. The van der Waals surface area contributed by atoms with Crippen LogP contribution in [0.5, 0.6) is 5.75 Å². The highest BCUT2D eigenvalue weighted by molar-refractivity contribution is 5.66. The number of aliphatic hydroxyl groups is 1. The topological polar surface area (TPSA) is 53.2 Å². The second kappa shape index (κ2) is 6.92. The lowest BCUT2D eigenvalue weighted by molar-refractivity contribution is 0.246. The van der Waals surface area contributed by atoms with Crippen LogP contribution >= 0.6 is 0 Å². The lowest BCUT2D eigenvalue weighted by Crippen LogP contribution is -2.06. The van der Waals surface area contributed by atoms with Crippen molar-refractivity contribution in [3.8, 4) is 22.9 Å². The number of hydrogen-bond donors (Lipinski definition) is 1. The molecule has 0 bridgehead atoms. The highest BCUT2D eigenvalue weighted by Crippen LogP contribution is 2.28. The maximum Gasteiger partial charge on any atom is 0.125 e. The van der Waals surface area contributed by atoms with E-state index in [1.165, 1.54) is 0 Å². The Morgan fingerprint density at radius 3 is 2.33 bits per heavy atom. The number of ether oxygens (including phenoxy) is 1. The standard InChI is InChI=1S/C18H19NO2/c1-13(2)12-21-18-9-16(7-8-17(18)11-20)15-5-3-14(10-19)4-6-15/h3-9,13,20H,11-12H2,1-2H3. The molecule has 0 saturated carbocycles. The lowest BCUT2D eigenvalue weighted by Gasteiger charge is -2.14. The Bertz CT molecular complexity index is 639. The summed E-state index contributed by atoms with van der Waals surface area (Å²) in [5.41, 5.74) is 3.46. The van der Waals surface area contributed by atoms with E-state index in [4.69, 9.17) is 10.00 Å². The van der Waals surface area contributed by atoms with Crippen LogP contribution in [0.2, 0.25) is 0 Å². The highest BCUT2D eigenvalue weighted by atomic mass is 16.5. The summed E-state index contributed by atoms with van der Waals surface area (Å²) in [6.07, 6.45) is 0. The molecule has 0 aliphatic heterocycles. The number of nitrogens with zero attached hydrogens (tertiary/aromatic N) is 1. The van der Waals surface area contributed by atoms with Gasteiger partial charge in [0, 0.05) is 5.56 Å². The van der Waals surface area contributed by atoms with E-state index in [-0.39, 0.29) is 6.61 Å². The van der Waals surface area contributed by atoms with Crippen molar-refractivity contribution in [1.29, 1.82) is 5.26 Å². The normalized spacial score (nSPS) is 10.4. The maximum atomic E-state index is 9.40. The van der Waals surface area contributed by atoms with Gasteiger partial charge in [-0.3, -0.25) is 0 Å². The van der Waals surface area contributed by atoms with Crippen LogP contribution in [0.3, 0.4) is 0 Å². The van der Waals surface area contributed by atoms with Gasteiger partial charge in [-0.1, -0.05) is 38.1 Å². The van der Waals surface area contributed by atoms with Gasteiger partial charge in [0.05, 0.1) is 24.8 Å². The van der Waals surface area contributed by atoms with Gasteiger partial charge in [-0.25, -0.2) is 0 Å². The van der Waals surface area contributed by atoms with Crippen molar-refractivity contribution in [2.24, 2.45) is 5.92 Å². The Morgan fingerprint density at radius 2 is 1.76 bits per heavy atom. The summed E-state index contributed by atoms with van der Waals surface area (Å²) in [7, 11) is 0. The minimum Gasteiger partial charge on any atom is -0.493 e. The molecule has 0 heterocycles.